The van der Waals surface area contributed by atoms with Crippen molar-refractivity contribution in [1.82, 2.24) is 16.0 Å². The van der Waals surface area contributed by atoms with Crippen LogP contribution in [0.2, 0.25) is 0 Å². The standard InChI is InChI=1S/C38H41N3O8/c1-26(42)34(37(45)47-2)41-36(44)32(23-28-18-20-31(21-19-28)48-24-29-14-8-4-9-15-29)39-35(43)33(22-27-12-6-3-7-13-27)40-38(46)49-25-30-16-10-5-11-17-30/h3-21,26,32-34,42H,22-25H2,1-2H3,(H,39,43)(H,40,46)(H,41,44)/t26-,32-,33+,34+/m0/s1. The molecular formula is C38H41N3O8. The quantitative estimate of drug-likeness (QED) is 0.132. The van der Waals surface area contributed by atoms with Crippen molar-refractivity contribution in [2.75, 3.05) is 7.11 Å². The molecule has 4 rings (SSSR count). The number of nitrogens with one attached hydrogen (secondary N) is 3. The first-order chi connectivity index (χ1) is 23.7. The molecule has 4 atom stereocenters. The van der Waals surface area contributed by atoms with Crippen molar-refractivity contribution in [1.29, 1.82) is 0 Å². The van der Waals surface area contributed by atoms with Gasteiger partial charge in [0.15, 0.2) is 6.04 Å². The molecule has 0 bridgehead atoms. The topological polar surface area (TPSA) is 152 Å². The normalized spacial score (nSPS) is 13.1. The second-order valence-electron chi connectivity index (χ2n) is 11.4. The summed E-state index contributed by atoms with van der Waals surface area (Å²) in [6.45, 7) is 1.71. The molecule has 0 radical (unpaired) electrons. The van der Waals surface area contributed by atoms with Crippen molar-refractivity contribution in [3.8, 4) is 5.75 Å². The number of carbonyl (C=O) groups is 4. The maximum absolute atomic E-state index is 13.8. The third-order valence-corrected chi connectivity index (χ3v) is 7.58. The number of aliphatic hydroxyl groups excluding tert-OH is 1. The van der Waals surface area contributed by atoms with Gasteiger partial charge in [0, 0.05) is 12.8 Å². The van der Waals surface area contributed by atoms with Gasteiger partial charge in [-0.05, 0) is 41.3 Å². The summed E-state index contributed by atoms with van der Waals surface area (Å²) in [6.07, 6.45) is -1.97. The van der Waals surface area contributed by atoms with E-state index in [0.717, 1.165) is 23.8 Å². The number of ether oxygens (including phenoxy) is 3. The van der Waals surface area contributed by atoms with Crippen molar-refractivity contribution in [2.45, 2.75) is 57.2 Å². The predicted octanol–water partition coefficient (Wildman–Crippen LogP) is 3.87. The highest BCUT2D eigenvalue weighted by Crippen LogP contribution is 2.16. The molecule has 3 amide bonds. The number of hydrogen-bond donors (Lipinski definition) is 4. The van der Waals surface area contributed by atoms with Crippen LogP contribution in [0.25, 0.3) is 0 Å². The minimum Gasteiger partial charge on any atom is -0.489 e. The molecule has 49 heavy (non-hydrogen) atoms. The molecule has 4 aromatic rings. The highest BCUT2D eigenvalue weighted by molar-refractivity contribution is 5.93. The maximum atomic E-state index is 13.8. The van der Waals surface area contributed by atoms with Crippen LogP contribution in [0.4, 0.5) is 4.79 Å². The van der Waals surface area contributed by atoms with Crippen LogP contribution in [-0.2, 0) is 49.9 Å². The van der Waals surface area contributed by atoms with Crippen LogP contribution in [0.5, 0.6) is 5.75 Å². The Labute approximate surface area is 285 Å². The van der Waals surface area contributed by atoms with Crippen LogP contribution in [0.15, 0.2) is 115 Å². The molecule has 0 aliphatic carbocycles. The summed E-state index contributed by atoms with van der Waals surface area (Å²) >= 11 is 0. The van der Waals surface area contributed by atoms with Gasteiger partial charge in [-0.1, -0.05) is 103 Å². The van der Waals surface area contributed by atoms with Crippen molar-refractivity contribution in [2.24, 2.45) is 0 Å². The van der Waals surface area contributed by atoms with Gasteiger partial charge in [0.2, 0.25) is 11.8 Å². The Bertz CT molecular complexity index is 1630. The van der Waals surface area contributed by atoms with E-state index in [1.54, 1.807) is 36.4 Å². The fraction of sp³-hybridized carbons (Fsp3) is 0.263. The van der Waals surface area contributed by atoms with Crippen molar-refractivity contribution in [3.05, 3.63) is 138 Å². The van der Waals surface area contributed by atoms with Gasteiger partial charge in [0.1, 0.15) is 31.0 Å². The second kappa shape index (κ2) is 18.6. The number of benzene rings is 4. The van der Waals surface area contributed by atoms with Crippen LogP contribution in [-0.4, -0.2) is 60.3 Å². The molecule has 4 N–H and O–H groups in total. The Hall–Kier alpha value is -5.68. The molecule has 256 valence electrons. The lowest BCUT2D eigenvalue weighted by atomic mass is 10.0. The number of carbonyl (C=O) groups excluding carboxylic acids is 4. The van der Waals surface area contributed by atoms with Crippen LogP contribution in [0.3, 0.4) is 0 Å². The molecule has 0 aliphatic rings. The molecule has 11 nitrogen and oxygen atoms in total. The maximum Gasteiger partial charge on any atom is 0.408 e. The van der Waals surface area contributed by atoms with Gasteiger partial charge in [0.05, 0.1) is 13.2 Å². The van der Waals surface area contributed by atoms with Crippen LogP contribution in [0.1, 0.15) is 29.2 Å². The van der Waals surface area contributed by atoms with E-state index in [1.165, 1.54) is 6.92 Å². The first-order valence-electron chi connectivity index (χ1n) is 15.8. The lowest BCUT2D eigenvalue weighted by Crippen LogP contribution is -2.58. The van der Waals surface area contributed by atoms with E-state index < -0.39 is 48.1 Å². The smallest absolute Gasteiger partial charge is 0.408 e. The van der Waals surface area contributed by atoms with Gasteiger partial charge in [-0.25, -0.2) is 9.59 Å². The molecular weight excluding hydrogens is 626 g/mol. The first-order valence-corrected chi connectivity index (χ1v) is 15.8. The summed E-state index contributed by atoms with van der Waals surface area (Å²) in [4.78, 5) is 52.6. The van der Waals surface area contributed by atoms with Gasteiger partial charge in [-0.2, -0.15) is 0 Å². The molecule has 11 heteroatoms. The number of amides is 3. The number of rotatable bonds is 16. The Morgan fingerprint density at radius 2 is 1.08 bits per heavy atom. The Kier molecular flexibility index (Phi) is 13.7. The SMILES string of the molecule is COC(=O)[C@H](NC(=O)[C@H](Cc1ccc(OCc2ccccc2)cc1)NC(=O)[C@@H](Cc1ccccc1)NC(=O)OCc1ccccc1)[C@H](C)O. The van der Waals surface area contributed by atoms with Crippen molar-refractivity contribution in [3.63, 3.8) is 0 Å². The summed E-state index contributed by atoms with van der Waals surface area (Å²) in [5.74, 6) is -1.63. The van der Waals surface area contributed by atoms with E-state index in [0.29, 0.717) is 17.9 Å². The number of methoxy groups -OCH3 is 1. The van der Waals surface area contributed by atoms with Gasteiger partial charge >= 0.3 is 12.1 Å². The zero-order chi connectivity index (χ0) is 35.0. The van der Waals surface area contributed by atoms with Crippen LogP contribution < -0.4 is 20.7 Å². The van der Waals surface area contributed by atoms with Gasteiger partial charge in [0.25, 0.3) is 0 Å². The second-order valence-corrected chi connectivity index (χ2v) is 11.4. The summed E-state index contributed by atoms with van der Waals surface area (Å²) in [5, 5.41) is 18.1. The Morgan fingerprint density at radius 1 is 0.612 bits per heavy atom. The zero-order valence-corrected chi connectivity index (χ0v) is 27.4. The summed E-state index contributed by atoms with van der Waals surface area (Å²) < 4.78 is 16.0. The molecule has 0 heterocycles. The molecule has 0 aromatic heterocycles. The van der Waals surface area contributed by atoms with Gasteiger partial charge in [-0.3, -0.25) is 9.59 Å². The van der Waals surface area contributed by atoms with Crippen molar-refractivity contribution < 1.29 is 38.5 Å². The summed E-state index contributed by atoms with van der Waals surface area (Å²) in [7, 11) is 1.14. The molecule has 4 aromatic carbocycles. The highest BCUT2D eigenvalue weighted by Gasteiger charge is 2.32. The van der Waals surface area contributed by atoms with Crippen LogP contribution >= 0.6 is 0 Å². The van der Waals surface area contributed by atoms with E-state index in [9.17, 15) is 24.3 Å². The van der Waals surface area contributed by atoms with Crippen molar-refractivity contribution >= 4 is 23.9 Å². The Morgan fingerprint density at radius 3 is 1.61 bits per heavy atom. The highest BCUT2D eigenvalue weighted by atomic mass is 16.5. The Balaban J connectivity index is 1.51. The van der Waals surface area contributed by atoms with Gasteiger partial charge in [-0.15, -0.1) is 0 Å². The largest absolute Gasteiger partial charge is 0.489 e. The fourth-order valence-electron chi connectivity index (χ4n) is 4.90. The average molecular weight is 668 g/mol. The molecule has 0 saturated heterocycles. The lowest BCUT2D eigenvalue weighted by molar-refractivity contribution is -0.148. The molecule has 0 saturated carbocycles. The summed E-state index contributed by atoms with van der Waals surface area (Å²) in [6, 6.07) is 31.2. The number of hydrogen-bond acceptors (Lipinski definition) is 8. The molecule has 0 unspecified atom stereocenters. The van der Waals surface area contributed by atoms with Crippen LogP contribution in [0, 0.1) is 0 Å². The molecule has 0 aliphatic heterocycles. The number of aliphatic hydroxyl groups is 1. The monoisotopic (exact) mass is 667 g/mol. The lowest BCUT2D eigenvalue weighted by Gasteiger charge is -2.26. The minimum atomic E-state index is -1.38. The van der Waals surface area contributed by atoms with E-state index >= 15 is 0 Å². The zero-order valence-electron chi connectivity index (χ0n) is 27.4. The van der Waals surface area contributed by atoms with Gasteiger partial charge < -0.3 is 35.3 Å². The fourth-order valence-corrected chi connectivity index (χ4v) is 4.90. The van der Waals surface area contributed by atoms with E-state index in [1.807, 2.05) is 78.9 Å². The first kappa shape index (κ1) is 36.2. The van der Waals surface area contributed by atoms with E-state index in [2.05, 4.69) is 16.0 Å². The number of alkyl carbamates (subject to hydrolysis) is 1. The molecule has 0 spiro atoms. The predicted molar refractivity (Wildman–Crippen MR) is 182 cm³/mol. The minimum absolute atomic E-state index is 0.00327. The average Bonchev–Trinajstić information content (AvgIpc) is 3.12. The summed E-state index contributed by atoms with van der Waals surface area (Å²) in [5.41, 5.74) is 3.21. The third kappa shape index (κ3) is 11.8. The van der Waals surface area contributed by atoms with E-state index in [-0.39, 0.29) is 19.4 Å². The van der Waals surface area contributed by atoms with E-state index in [4.69, 9.17) is 14.2 Å². The molecule has 0 fully saturated rings. The third-order valence-electron chi connectivity index (χ3n) is 7.58. The number of esters is 1.